The second-order valence-corrected chi connectivity index (χ2v) is 9.46. The third-order valence-corrected chi connectivity index (χ3v) is 7.45. The van der Waals surface area contributed by atoms with E-state index in [1.807, 2.05) is 28.3 Å². The van der Waals surface area contributed by atoms with E-state index in [1.54, 1.807) is 6.33 Å². The number of hydrogen-bond acceptors (Lipinski definition) is 6. The monoisotopic (exact) mass is 447 g/mol. The van der Waals surface area contributed by atoms with Gasteiger partial charge < -0.3 is 19.3 Å². The predicted molar refractivity (Wildman–Crippen MR) is 118 cm³/mol. The quantitative estimate of drug-likeness (QED) is 0.678. The first-order chi connectivity index (χ1) is 15.3. The van der Waals surface area contributed by atoms with Gasteiger partial charge in [-0.2, -0.15) is 9.97 Å². The third kappa shape index (κ3) is 3.57. The molecule has 1 spiro atoms. The molecule has 10 heteroatoms. The summed E-state index contributed by atoms with van der Waals surface area (Å²) < 4.78 is 29.9. The molecule has 1 aliphatic carbocycles. The Balaban J connectivity index is 1.41. The Morgan fingerprint density at radius 1 is 1.16 bits per heavy atom. The van der Waals surface area contributed by atoms with Crippen LogP contribution in [0.4, 0.5) is 20.5 Å². The molecule has 2 saturated heterocycles. The van der Waals surface area contributed by atoms with Crippen LogP contribution in [-0.4, -0.2) is 76.0 Å². The number of rotatable bonds is 6. The minimum Gasteiger partial charge on any atom is -0.356 e. The largest absolute Gasteiger partial charge is 0.356 e. The highest BCUT2D eigenvalue weighted by Crippen LogP contribution is 2.65. The molecule has 3 aliphatic rings. The zero-order valence-corrected chi connectivity index (χ0v) is 18.9. The topological polar surface area (TPSA) is 70.4 Å². The first-order valence-corrected chi connectivity index (χ1v) is 11.7. The summed E-state index contributed by atoms with van der Waals surface area (Å²) in [7, 11) is 1.96. The molecule has 0 radical (unpaired) electrons. The summed E-state index contributed by atoms with van der Waals surface area (Å²) in [6.07, 6.45) is 5.07. The van der Waals surface area contributed by atoms with Crippen molar-refractivity contribution in [3.8, 4) is 0 Å². The summed E-state index contributed by atoms with van der Waals surface area (Å²) in [6.45, 7) is 6.07. The molecule has 1 unspecified atom stereocenters. The number of carbonyl (C=O) groups excluding carboxylic acids is 1. The molecular formula is C22H31F2N7O. The SMILES string of the molecule is CCn1cnc2c(N(C)CCN3CCCC3=O)nc(N3CCCC4(CC3)CC4(F)F)nc21. The number of imidazole rings is 1. The minimum atomic E-state index is -2.52. The zero-order chi connectivity index (χ0) is 22.5. The van der Waals surface area contributed by atoms with Crippen LogP contribution in [0.2, 0.25) is 0 Å². The molecule has 2 aromatic heterocycles. The van der Waals surface area contributed by atoms with Gasteiger partial charge in [0.1, 0.15) is 0 Å². The molecule has 0 N–H and O–H groups in total. The van der Waals surface area contributed by atoms with Gasteiger partial charge in [0.25, 0.3) is 5.92 Å². The second-order valence-electron chi connectivity index (χ2n) is 9.46. The van der Waals surface area contributed by atoms with Crippen molar-refractivity contribution < 1.29 is 13.6 Å². The number of likely N-dealkylation sites (N-methyl/N-ethyl adjacent to an activating group) is 1. The molecule has 0 aromatic carbocycles. The lowest BCUT2D eigenvalue weighted by atomic mass is 9.97. The van der Waals surface area contributed by atoms with E-state index in [9.17, 15) is 13.6 Å². The van der Waals surface area contributed by atoms with E-state index in [4.69, 9.17) is 9.97 Å². The Hall–Kier alpha value is -2.52. The maximum atomic E-state index is 14.0. The fourth-order valence-electron chi connectivity index (χ4n) is 5.19. The van der Waals surface area contributed by atoms with Crippen LogP contribution in [0.25, 0.3) is 11.2 Å². The number of fused-ring (bicyclic) bond motifs is 1. The van der Waals surface area contributed by atoms with Gasteiger partial charge in [0.05, 0.1) is 6.33 Å². The van der Waals surface area contributed by atoms with Gasteiger partial charge in [0.2, 0.25) is 11.9 Å². The molecule has 5 rings (SSSR count). The van der Waals surface area contributed by atoms with Gasteiger partial charge in [0.15, 0.2) is 17.0 Å². The molecule has 3 fully saturated rings. The Morgan fingerprint density at radius 3 is 2.66 bits per heavy atom. The molecule has 2 aromatic rings. The van der Waals surface area contributed by atoms with E-state index >= 15 is 0 Å². The van der Waals surface area contributed by atoms with Crippen LogP contribution in [0.1, 0.15) is 45.4 Å². The molecule has 4 heterocycles. The van der Waals surface area contributed by atoms with Crippen LogP contribution < -0.4 is 9.80 Å². The fourth-order valence-corrected chi connectivity index (χ4v) is 5.19. The van der Waals surface area contributed by atoms with E-state index in [-0.39, 0.29) is 12.3 Å². The summed E-state index contributed by atoms with van der Waals surface area (Å²) in [6, 6.07) is 0. The van der Waals surface area contributed by atoms with E-state index in [2.05, 4.69) is 9.88 Å². The highest BCUT2D eigenvalue weighted by Gasteiger charge is 2.69. The number of aryl methyl sites for hydroxylation is 1. The van der Waals surface area contributed by atoms with E-state index in [0.29, 0.717) is 57.8 Å². The van der Waals surface area contributed by atoms with Crippen LogP contribution in [-0.2, 0) is 11.3 Å². The van der Waals surface area contributed by atoms with E-state index in [1.165, 1.54) is 0 Å². The highest BCUT2D eigenvalue weighted by molar-refractivity contribution is 5.85. The van der Waals surface area contributed by atoms with Crippen LogP contribution in [0.5, 0.6) is 0 Å². The zero-order valence-electron chi connectivity index (χ0n) is 18.9. The summed E-state index contributed by atoms with van der Waals surface area (Å²) >= 11 is 0. The number of hydrogen-bond donors (Lipinski definition) is 0. The van der Waals surface area contributed by atoms with Crippen LogP contribution in [0.3, 0.4) is 0 Å². The maximum absolute atomic E-state index is 14.0. The number of alkyl halides is 2. The maximum Gasteiger partial charge on any atom is 0.254 e. The summed E-state index contributed by atoms with van der Waals surface area (Å²) in [5, 5.41) is 0. The minimum absolute atomic E-state index is 0.0134. The molecule has 32 heavy (non-hydrogen) atoms. The summed E-state index contributed by atoms with van der Waals surface area (Å²) in [4.78, 5) is 32.2. The Bertz CT molecular complexity index is 1030. The van der Waals surface area contributed by atoms with Crippen molar-refractivity contribution in [2.75, 3.05) is 49.6 Å². The number of anilines is 2. The lowest BCUT2D eigenvalue weighted by Crippen LogP contribution is -2.35. The van der Waals surface area contributed by atoms with E-state index in [0.717, 1.165) is 36.5 Å². The third-order valence-electron chi connectivity index (χ3n) is 7.45. The van der Waals surface area contributed by atoms with Crippen LogP contribution >= 0.6 is 0 Å². The number of likely N-dealkylation sites (tertiary alicyclic amines) is 1. The van der Waals surface area contributed by atoms with Crippen molar-refractivity contribution in [2.45, 2.75) is 57.9 Å². The molecule has 174 valence electrons. The lowest BCUT2D eigenvalue weighted by molar-refractivity contribution is -0.127. The Morgan fingerprint density at radius 2 is 1.97 bits per heavy atom. The molecule has 1 saturated carbocycles. The van der Waals surface area contributed by atoms with Gasteiger partial charge in [-0.05, 0) is 32.6 Å². The van der Waals surface area contributed by atoms with Crippen LogP contribution in [0, 0.1) is 5.41 Å². The van der Waals surface area contributed by atoms with Gasteiger partial charge in [-0.3, -0.25) is 4.79 Å². The first kappa shape index (κ1) is 21.3. The smallest absolute Gasteiger partial charge is 0.254 e. The second kappa shape index (κ2) is 7.81. The van der Waals surface area contributed by atoms with Gasteiger partial charge in [-0.15, -0.1) is 0 Å². The van der Waals surface area contributed by atoms with Crippen molar-refractivity contribution >= 4 is 28.8 Å². The van der Waals surface area contributed by atoms with Gasteiger partial charge in [0, 0.05) is 64.6 Å². The Labute approximate surface area is 186 Å². The molecular weight excluding hydrogens is 416 g/mol. The number of amides is 1. The molecule has 8 nitrogen and oxygen atoms in total. The normalized spacial score (nSPS) is 25.1. The fraction of sp³-hybridized carbons (Fsp3) is 0.727. The van der Waals surface area contributed by atoms with E-state index < -0.39 is 11.3 Å². The average molecular weight is 448 g/mol. The lowest BCUT2D eigenvalue weighted by Gasteiger charge is -2.25. The van der Waals surface area contributed by atoms with Gasteiger partial charge in [-0.1, -0.05) is 0 Å². The summed E-state index contributed by atoms with van der Waals surface area (Å²) in [5.41, 5.74) is 0.664. The van der Waals surface area contributed by atoms with Crippen molar-refractivity contribution in [1.82, 2.24) is 24.4 Å². The number of nitrogens with zero attached hydrogens (tertiary/aromatic N) is 7. The van der Waals surface area contributed by atoms with Crippen molar-refractivity contribution in [3.05, 3.63) is 6.33 Å². The van der Waals surface area contributed by atoms with Crippen LogP contribution in [0.15, 0.2) is 6.33 Å². The highest BCUT2D eigenvalue weighted by atomic mass is 19.3. The number of carbonyl (C=O) groups is 1. The number of aromatic nitrogens is 4. The molecule has 1 atom stereocenters. The van der Waals surface area contributed by atoms with Crippen molar-refractivity contribution in [2.24, 2.45) is 5.41 Å². The van der Waals surface area contributed by atoms with Crippen molar-refractivity contribution in [3.63, 3.8) is 0 Å². The average Bonchev–Trinajstić information content (AvgIpc) is 3.02. The van der Waals surface area contributed by atoms with Crippen molar-refractivity contribution in [1.29, 1.82) is 0 Å². The first-order valence-electron chi connectivity index (χ1n) is 11.7. The Kier molecular flexibility index (Phi) is 5.21. The standard InChI is InChI=1S/C22H31F2N7O/c1-3-29-15-25-17-18(28(2)12-13-30-9-4-6-16(30)32)26-20(27-19(17)29)31-10-5-7-21(8-11-31)14-22(21,23)24/h15H,3-14H2,1-2H3. The van der Waals surface area contributed by atoms with Gasteiger partial charge in [-0.25, -0.2) is 13.8 Å². The molecule has 0 bridgehead atoms. The molecule has 1 amide bonds. The number of halogens is 2. The molecule has 2 aliphatic heterocycles. The van der Waals surface area contributed by atoms with Gasteiger partial charge >= 0.3 is 0 Å². The predicted octanol–water partition coefficient (Wildman–Crippen LogP) is 2.92. The summed E-state index contributed by atoms with van der Waals surface area (Å²) in [5.74, 6) is -1.02.